The van der Waals surface area contributed by atoms with Crippen LogP contribution >= 0.6 is 0 Å². The van der Waals surface area contributed by atoms with Crippen molar-refractivity contribution in [1.29, 1.82) is 0 Å². The normalized spacial score (nSPS) is 17.8. The topological polar surface area (TPSA) is 42.3 Å². The van der Waals surface area contributed by atoms with Crippen molar-refractivity contribution in [3.63, 3.8) is 0 Å². The van der Waals surface area contributed by atoms with Crippen molar-refractivity contribution in [2.24, 2.45) is 7.05 Å². The second-order valence-electron chi connectivity index (χ2n) is 6.98. The highest BCUT2D eigenvalue weighted by atomic mass is 16.5. The molecule has 140 valence electrons. The molecule has 3 aromatic rings. The third-order valence-corrected chi connectivity index (χ3v) is 5.28. The number of aromatic nitrogens is 2. The first-order chi connectivity index (χ1) is 13.3. The molecule has 5 nitrogen and oxygen atoms in total. The molecule has 0 bridgehead atoms. The lowest BCUT2D eigenvalue weighted by atomic mass is 10.0. The first-order valence-corrected chi connectivity index (χ1v) is 9.40. The summed E-state index contributed by atoms with van der Waals surface area (Å²) in [6.07, 6.45) is 3.88. The molecule has 1 saturated heterocycles. The van der Waals surface area contributed by atoms with Crippen molar-refractivity contribution in [2.45, 2.75) is 12.6 Å². The molecule has 0 aliphatic carbocycles. The van der Waals surface area contributed by atoms with Gasteiger partial charge in [0.1, 0.15) is 11.6 Å². The van der Waals surface area contributed by atoms with Crippen molar-refractivity contribution in [2.75, 3.05) is 26.7 Å². The zero-order valence-corrected chi connectivity index (χ0v) is 15.9. The summed E-state index contributed by atoms with van der Waals surface area (Å²) >= 11 is 0. The predicted molar refractivity (Wildman–Crippen MR) is 108 cm³/mol. The Balaban J connectivity index is 1.60. The molecule has 1 unspecified atom stereocenters. The lowest BCUT2D eigenvalue weighted by Crippen LogP contribution is -2.46. The van der Waals surface area contributed by atoms with Crippen LogP contribution in [0.1, 0.15) is 17.4 Å². The Kier molecular flexibility index (Phi) is 5.23. The minimum absolute atomic E-state index is 0.261. The van der Waals surface area contributed by atoms with Crippen molar-refractivity contribution in [3.05, 3.63) is 72.3 Å². The fraction of sp³-hybridized carbons (Fsp3) is 0.318. The van der Waals surface area contributed by atoms with Gasteiger partial charge in [-0.3, -0.25) is 4.90 Å². The molecule has 4 rings (SSSR count). The van der Waals surface area contributed by atoms with Crippen LogP contribution in [0.3, 0.4) is 0 Å². The first-order valence-electron chi connectivity index (χ1n) is 9.40. The minimum atomic E-state index is 0.261. The number of imidazole rings is 1. The molecule has 0 saturated carbocycles. The van der Waals surface area contributed by atoms with Crippen LogP contribution in [0, 0.1) is 0 Å². The number of aryl methyl sites for hydroxylation is 1. The van der Waals surface area contributed by atoms with E-state index in [4.69, 9.17) is 4.74 Å². The number of nitrogens with one attached hydrogen (secondary N) is 1. The van der Waals surface area contributed by atoms with Crippen molar-refractivity contribution >= 4 is 0 Å². The molecule has 2 aromatic carbocycles. The van der Waals surface area contributed by atoms with E-state index in [0.717, 1.165) is 37.8 Å². The van der Waals surface area contributed by atoms with E-state index >= 15 is 0 Å². The summed E-state index contributed by atoms with van der Waals surface area (Å²) in [7, 11) is 3.81. The second-order valence-corrected chi connectivity index (χ2v) is 6.98. The molecule has 1 atom stereocenters. The van der Waals surface area contributed by atoms with E-state index in [-0.39, 0.29) is 6.04 Å². The third-order valence-electron chi connectivity index (χ3n) is 5.28. The van der Waals surface area contributed by atoms with E-state index in [1.54, 1.807) is 7.11 Å². The predicted octanol–water partition coefficient (Wildman–Crippen LogP) is 3.24. The Labute approximate surface area is 160 Å². The molecule has 0 radical (unpaired) electrons. The van der Waals surface area contributed by atoms with Crippen molar-refractivity contribution in [3.8, 4) is 16.9 Å². The number of methoxy groups -OCH3 is 1. The first kappa shape index (κ1) is 17.8. The number of benzene rings is 2. The molecule has 1 fully saturated rings. The zero-order chi connectivity index (χ0) is 18.6. The smallest absolute Gasteiger partial charge is 0.127 e. The van der Waals surface area contributed by atoms with Gasteiger partial charge in [-0.2, -0.15) is 0 Å². The number of hydrogen-bond acceptors (Lipinski definition) is 4. The summed E-state index contributed by atoms with van der Waals surface area (Å²) in [6.45, 7) is 3.74. The Morgan fingerprint density at radius 2 is 2.00 bits per heavy atom. The van der Waals surface area contributed by atoms with E-state index in [9.17, 15) is 0 Å². The Hall–Kier alpha value is -2.63. The number of piperazine rings is 1. The highest BCUT2D eigenvalue weighted by Crippen LogP contribution is 2.30. The Bertz CT molecular complexity index is 890. The number of hydrogen-bond donors (Lipinski definition) is 1. The molecular formula is C22H26N4O. The van der Waals surface area contributed by atoms with Crippen LogP contribution in [0.15, 0.2) is 60.9 Å². The van der Waals surface area contributed by atoms with Crippen molar-refractivity contribution < 1.29 is 4.74 Å². The average Bonchev–Trinajstić information content (AvgIpc) is 3.15. The minimum Gasteiger partial charge on any atom is -0.496 e. The maximum Gasteiger partial charge on any atom is 0.127 e. The maximum atomic E-state index is 5.74. The number of nitrogens with zero attached hydrogens (tertiary/aromatic N) is 3. The SMILES string of the molecule is COc1cc(-c2ccccc2)ccc1CN1CCNCC1c1nccn1C. The molecule has 0 spiro atoms. The van der Waals surface area contributed by atoms with Gasteiger partial charge < -0.3 is 14.6 Å². The molecule has 2 heterocycles. The average molecular weight is 362 g/mol. The standard InChI is InChI=1S/C22H26N4O/c1-25-12-11-24-22(25)20-15-23-10-13-26(20)16-19-9-8-18(14-21(19)27-2)17-6-4-3-5-7-17/h3-9,11-12,14,20,23H,10,13,15-16H2,1-2H3. The van der Waals surface area contributed by atoms with E-state index in [2.05, 4.69) is 69.3 Å². The number of rotatable bonds is 5. The molecule has 1 aliphatic rings. The third kappa shape index (κ3) is 3.75. The van der Waals surface area contributed by atoms with Gasteiger partial charge in [0.15, 0.2) is 0 Å². The summed E-state index contributed by atoms with van der Waals surface area (Å²) in [4.78, 5) is 7.06. The molecule has 5 heteroatoms. The van der Waals surface area contributed by atoms with Gasteiger partial charge in [0, 0.05) is 51.2 Å². The Morgan fingerprint density at radius 3 is 2.74 bits per heavy atom. The van der Waals surface area contributed by atoms with Crippen LogP contribution < -0.4 is 10.1 Å². The van der Waals surface area contributed by atoms with E-state index < -0.39 is 0 Å². The van der Waals surface area contributed by atoms with Gasteiger partial charge in [-0.05, 0) is 17.2 Å². The fourth-order valence-electron chi connectivity index (χ4n) is 3.79. The molecule has 1 N–H and O–H groups in total. The molecule has 27 heavy (non-hydrogen) atoms. The largest absolute Gasteiger partial charge is 0.496 e. The van der Waals surface area contributed by atoms with Gasteiger partial charge >= 0.3 is 0 Å². The maximum absolute atomic E-state index is 5.74. The van der Waals surface area contributed by atoms with Gasteiger partial charge in [-0.15, -0.1) is 0 Å². The van der Waals surface area contributed by atoms with Crippen LogP contribution in [0.4, 0.5) is 0 Å². The monoisotopic (exact) mass is 362 g/mol. The molecule has 1 aliphatic heterocycles. The van der Waals surface area contributed by atoms with Crippen LogP contribution in [-0.2, 0) is 13.6 Å². The van der Waals surface area contributed by atoms with E-state index in [1.807, 2.05) is 18.5 Å². The summed E-state index contributed by atoms with van der Waals surface area (Å²) in [5, 5.41) is 3.50. The van der Waals surface area contributed by atoms with Gasteiger partial charge in [-0.1, -0.05) is 42.5 Å². The number of ether oxygens (including phenoxy) is 1. The lowest BCUT2D eigenvalue weighted by molar-refractivity contribution is 0.143. The highest BCUT2D eigenvalue weighted by molar-refractivity contribution is 5.66. The van der Waals surface area contributed by atoms with Crippen LogP contribution in [0.25, 0.3) is 11.1 Å². The van der Waals surface area contributed by atoms with Gasteiger partial charge in [0.2, 0.25) is 0 Å². The van der Waals surface area contributed by atoms with Gasteiger partial charge in [-0.25, -0.2) is 4.98 Å². The van der Waals surface area contributed by atoms with E-state index in [0.29, 0.717) is 0 Å². The zero-order valence-electron chi connectivity index (χ0n) is 15.9. The summed E-state index contributed by atoms with van der Waals surface area (Å²) in [6, 6.07) is 17.2. The second kappa shape index (κ2) is 7.94. The molecule has 1 aromatic heterocycles. The van der Waals surface area contributed by atoms with E-state index in [1.165, 1.54) is 16.7 Å². The van der Waals surface area contributed by atoms with Gasteiger partial charge in [0.25, 0.3) is 0 Å². The lowest BCUT2D eigenvalue weighted by Gasteiger charge is -2.36. The Morgan fingerprint density at radius 1 is 1.15 bits per heavy atom. The summed E-state index contributed by atoms with van der Waals surface area (Å²) in [5.41, 5.74) is 3.59. The van der Waals surface area contributed by atoms with Crippen LogP contribution in [-0.4, -0.2) is 41.2 Å². The summed E-state index contributed by atoms with van der Waals surface area (Å²) in [5.74, 6) is 2.04. The molecule has 0 amide bonds. The highest BCUT2D eigenvalue weighted by Gasteiger charge is 2.27. The van der Waals surface area contributed by atoms with Gasteiger partial charge in [0.05, 0.1) is 13.2 Å². The fourth-order valence-corrected chi connectivity index (χ4v) is 3.79. The van der Waals surface area contributed by atoms with Crippen LogP contribution in [0.5, 0.6) is 5.75 Å². The quantitative estimate of drug-likeness (QED) is 0.757. The molecular weight excluding hydrogens is 336 g/mol. The van der Waals surface area contributed by atoms with Crippen molar-refractivity contribution in [1.82, 2.24) is 19.8 Å². The van der Waals surface area contributed by atoms with Crippen LogP contribution in [0.2, 0.25) is 0 Å². The summed E-state index contributed by atoms with van der Waals surface area (Å²) < 4.78 is 7.85.